The van der Waals surface area contributed by atoms with Gasteiger partial charge in [-0.1, -0.05) is 12.1 Å². The van der Waals surface area contributed by atoms with Gasteiger partial charge in [0.05, 0.1) is 6.04 Å². The van der Waals surface area contributed by atoms with Gasteiger partial charge in [-0.05, 0) is 41.8 Å². The number of fused-ring (bicyclic) bond motifs is 1. The molecule has 2 aromatic rings. The lowest BCUT2D eigenvalue weighted by Gasteiger charge is -2.20. The van der Waals surface area contributed by atoms with Gasteiger partial charge in [0.25, 0.3) is 0 Å². The summed E-state index contributed by atoms with van der Waals surface area (Å²) >= 11 is 0. The molecule has 0 saturated heterocycles. The maximum absolute atomic E-state index is 13.6. The topological polar surface area (TPSA) is 45.2 Å². The molecule has 1 unspecified atom stereocenters. The van der Waals surface area contributed by atoms with Crippen LogP contribution >= 0.6 is 0 Å². The van der Waals surface area contributed by atoms with Crippen LogP contribution in [0.2, 0.25) is 0 Å². The third-order valence-corrected chi connectivity index (χ3v) is 4.01. The van der Waals surface area contributed by atoms with Crippen LogP contribution in [0.25, 0.3) is 0 Å². The van der Waals surface area contributed by atoms with Gasteiger partial charge in [-0.15, -0.1) is 0 Å². The predicted molar refractivity (Wildman–Crippen MR) is 82.7 cm³/mol. The molecule has 120 valence electrons. The first-order valence-corrected chi connectivity index (χ1v) is 7.46. The SMILES string of the molecule is CC(=O)N1CCC(Nc2cccc(F)n2)c2ccc(F)cc2C1. The second-order valence-electron chi connectivity index (χ2n) is 5.61. The average molecular weight is 317 g/mol. The van der Waals surface area contributed by atoms with Crippen LogP contribution < -0.4 is 5.32 Å². The Morgan fingerprint density at radius 2 is 2.13 bits per heavy atom. The summed E-state index contributed by atoms with van der Waals surface area (Å²) in [5.41, 5.74) is 1.66. The first-order chi connectivity index (χ1) is 11.0. The monoisotopic (exact) mass is 317 g/mol. The Labute approximate surface area is 133 Å². The number of hydrogen-bond acceptors (Lipinski definition) is 3. The van der Waals surface area contributed by atoms with Gasteiger partial charge in [-0.3, -0.25) is 4.79 Å². The van der Waals surface area contributed by atoms with Crippen LogP contribution in [-0.4, -0.2) is 22.3 Å². The molecule has 1 aromatic carbocycles. The summed E-state index contributed by atoms with van der Waals surface area (Å²) in [7, 11) is 0. The highest BCUT2D eigenvalue weighted by atomic mass is 19.1. The molecule has 1 atom stereocenters. The van der Waals surface area contributed by atoms with Crippen LogP contribution in [0.1, 0.15) is 30.5 Å². The van der Waals surface area contributed by atoms with E-state index in [-0.39, 0.29) is 17.8 Å². The highest BCUT2D eigenvalue weighted by Gasteiger charge is 2.24. The lowest BCUT2D eigenvalue weighted by atomic mass is 9.99. The molecule has 0 saturated carbocycles. The van der Waals surface area contributed by atoms with Crippen molar-refractivity contribution >= 4 is 11.7 Å². The second kappa shape index (κ2) is 6.32. The van der Waals surface area contributed by atoms with Crippen LogP contribution in [0.15, 0.2) is 36.4 Å². The number of benzene rings is 1. The summed E-state index contributed by atoms with van der Waals surface area (Å²) in [6.45, 7) is 2.41. The quantitative estimate of drug-likeness (QED) is 0.865. The molecule has 2 heterocycles. The first kappa shape index (κ1) is 15.4. The van der Waals surface area contributed by atoms with Crippen molar-refractivity contribution in [2.24, 2.45) is 0 Å². The molecule has 1 aromatic heterocycles. The van der Waals surface area contributed by atoms with Crippen LogP contribution in [0, 0.1) is 11.8 Å². The maximum atomic E-state index is 13.6. The first-order valence-electron chi connectivity index (χ1n) is 7.46. The third kappa shape index (κ3) is 3.47. The zero-order chi connectivity index (χ0) is 16.4. The summed E-state index contributed by atoms with van der Waals surface area (Å²) in [6.07, 6.45) is 0.635. The number of rotatable bonds is 2. The van der Waals surface area contributed by atoms with E-state index in [4.69, 9.17) is 0 Å². The van der Waals surface area contributed by atoms with E-state index < -0.39 is 5.95 Å². The Hall–Kier alpha value is -2.50. The van der Waals surface area contributed by atoms with Crippen molar-refractivity contribution in [2.45, 2.75) is 25.9 Å². The molecule has 0 spiro atoms. The highest BCUT2D eigenvalue weighted by Crippen LogP contribution is 2.30. The molecule has 0 radical (unpaired) electrons. The van der Waals surface area contributed by atoms with Crippen molar-refractivity contribution in [2.75, 3.05) is 11.9 Å². The van der Waals surface area contributed by atoms with E-state index in [0.717, 1.165) is 11.1 Å². The summed E-state index contributed by atoms with van der Waals surface area (Å²) in [6, 6.07) is 8.93. The number of nitrogens with one attached hydrogen (secondary N) is 1. The molecular weight excluding hydrogens is 300 g/mol. The zero-order valence-corrected chi connectivity index (χ0v) is 12.7. The Kier molecular flexibility index (Phi) is 4.23. The molecule has 3 rings (SSSR count). The molecule has 0 bridgehead atoms. The number of carbonyl (C=O) groups is 1. The van der Waals surface area contributed by atoms with Gasteiger partial charge in [0, 0.05) is 20.0 Å². The minimum Gasteiger partial charge on any atom is -0.363 e. The third-order valence-electron chi connectivity index (χ3n) is 4.01. The Morgan fingerprint density at radius 1 is 1.30 bits per heavy atom. The van der Waals surface area contributed by atoms with Crippen molar-refractivity contribution in [1.82, 2.24) is 9.88 Å². The molecule has 6 heteroatoms. The van der Waals surface area contributed by atoms with Crippen molar-refractivity contribution in [3.63, 3.8) is 0 Å². The molecule has 1 N–H and O–H groups in total. The van der Waals surface area contributed by atoms with E-state index in [1.165, 1.54) is 25.1 Å². The number of aromatic nitrogens is 1. The molecule has 1 aliphatic heterocycles. The zero-order valence-electron chi connectivity index (χ0n) is 12.7. The lowest BCUT2D eigenvalue weighted by molar-refractivity contribution is -0.129. The van der Waals surface area contributed by atoms with E-state index in [2.05, 4.69) is 10.3 Å². The summed E-state index contributed by atoms with van der Waals surface area (Å²) in [5.74, 6) is -0.531. The molecular formula is C17H17F2N3O. The fourth-order valence-corrected chi connectivity index (χ4v) is 2.86. The van der Waals surface area contributed by atoms with Gasteiger partial charge in [0.2, 0.25) is 11.9 Å². The van der Waals surface area contributed by atoms with E-state index in [1.807, 2.05) is 0 Å². The molecule has 0 aliphatic carbocycles. The molecule has 23 heavy (non-hydrogen) atoms. The lowest BCUT2D eigenvalue weighted by Crippen LogP contribution is -2.28. The molecule has 1 aliphatic rings. The van der Waals surface area contributed by atoms with E-state index in [0.29, 0.717) is 25.3 Å². The minimum atomic E-state index is -0.562. The average Bonchev–Trinajstić information content (AvgIpc) is 2.67. The van der Waals surface area contributed by atoms with Crippen molar-refractivity contribution in [1.29, 1.82) is 0 Å². The summed E-state index contributed by atoms with van der Waals surface area (Å²) in [4.78, 5) is 17.2. The largest absolute Gasteiger partial charge is 0.363 e. The number of pyridine rings is 1. The smallest absolute Gasteiger partial charge is 0.219 e. The molecule has 4 nitrogen and oxygen atoms in total. The Morgan fingerprint density at radius 3 is 2.87 bits per heavy atom. The number of amides is 1. The van der Waals surface area contributed by atoms with Gasteiger partial charge >= 0.3 is 0 Å². The van der Waals surface area contributed by atoms with Gasteiger partial charge in [-0.2, -0.15) is 4.39 Å². The molecule has 0 fully saturated rings. The van der Waals surface area contributed by atoms with Gasteiger partial charge in [0.1, 0.15) is 11.6 Å². The Bertz CT molecular complexity index is 736. The van der Waals surface area contributed by atoms with E-state index in [1.54, 1.807) is 23.1 Å². The van der Waals surface area contributed by atoms with Crippen LogP contribution in [0.5, 0.6) is 0 Å². The fourth-order valence-electron chi connectivity index (χ4n) is 2.86. The number of halogens is 2. The second-order valence-corrected chi connectivity index (χ2v) is 5.61. The number of hydrogen-bond donors (Lipinski definition) is 1. The minimum absolute atomic E-state index is 0.0512. The number of nitrogens with zero attached hydrogens (tertiary/aromatic N) is 2. The predicted octanol–water partition coefficient (Wildman–Crippen LogP) is 3.27. The number of anilines is 1. The Balaban J connectivity index is 1.93. The van der Waals surface area contributed by atoms with E-state index >= 15 is 0 Å². The standard InChI is InChI=1S/C17H17F2N3O/c1-11(23)22-8-7-15(20-17-4-2-3-16(19)21-17)14-6-5-13(18)9-12(14)10-22/h2-6,9,15H,7-8,10H2,1H3,(H,20,21). The van der Waals surface area contributed by atoms with Crippen LogP contribution in [-0.2, 0) is 11.3 Å². The van der Waals surface area contributed by atoms with E-state index in [9.17, 15) is 13.6 Å². The van der Waals surface area contributed by atoms with Crippen molar-refractivity contribution < 1.29 is 13.6 Å². The van der Waals surface area contributed by atoms with Gasteiger partial charge in [-0.25, -0.2) is 9.37 Å². The highest BCUT2D eigenvalue weighted by molar-refractivity contribution is 5.73. The van der Waals surface area contributed by atoms with Gasteiger partial charge < -0.3 is 10.2 Å². The molecule has 1 amide bonds. The maximum Gasteiger partial charge on any atom is 0.219 e. The van der Waals surface area contributed by atoms with Crippen molar-refractivity contribution in [3.8, 4) is 0 Å². The summed E-state index contributed by atoms with van der Waals surface area (Å²) in [5, 5.41) is 3.19. The summed E-state index contributed by atoms with van der Waals surface area (Å²) < 4.78 is 26.8. The fraction of sp³-hybridized carbons (Fsp3) is 0.294. The van der Waals surface area contributed by atoms with Gasteiger partial charge in [0.15, 0.2) is 0 Å². The van der Waals surface area contributed by atoms with Crippen LogP contribution in [0.4, 0.5) is 14.6 Å². The normalized spacial score (nSPS) is 17.3. The van der Waals surface area contributed by atoms with Crippen LogP contribution in [0.3, 0.4) is 0 Å². The van der Waals surface area contributed by atoms with Crippen molar-refractivity contribution in [3.05, 3.63) is 59.3 Å². The number of carbonyl (C=O) groups excluding carboxylic acids is 1.